The second kappa shape index (κ2) is 9.23. The van der Waals surface area contributed by atoms with Crippen LogP contribution < -0.4 is 0 Å². The van der Waals surface area contributed by atoms with Crippen LogP contribution in [0.4, 0.5) is 0 Å². The molecule has 0 saturated carbocycles. The van der Waals surface area contributed by atoms with Gasteiger partial charge in [0.25, 0.3) is 5.91 Å². The Kier molecular flexibility index (Phi) is 7.42. The summed E-state index contributed by atoms with van der Waals surface area (Å²) in [6.45, 7) is 16.3. The number of nitrogens with zero attached hydrogens (tertiary/aromatic N) is 2. The van der Waals surface area contributed by atoms with Gasteiger partial charge in [0, 0.05) is 54.2 Å². The lowest BCUT2D eigenvalue weighted by atomic mass is 9.81. The van der Waals surface area contributed by atoms with Gasteiger partial charge in [-0.05, 0) is 12.8 Å². The summed E-state index contributed by atoms with van der Waals surface area (Å²) in [7, 11) is 0. The van der Waals surface area contributed by atoms with Crippen LogP contribution in [0.1, 0.15) is 67.7 Å². The highest BCUT2D eigenvalue weighted by atomic mass is 16.3. The van der Waals surface area contributed by atoms with E-state index in [0.717, 1.165) is 31.5 Å². The third-order valence-corrected chi connectivity index (χ3v) is 5.93. The molecule has 3 aliphatic rings. The van der Waals surface area contributed by atoms with E-state index >= 15 is 0 Å². The number of aliphatic hydroxyl groups excluding tert-OH is 1. The van der Waals surface area contributed by atoms with Crippen molar-refractivity contribution in [3.63, 3.8) is 0 Å². The summed E-state index contributed by atoms with van der Waals surface area (Å²) < 4.78 is 0. The number of amides is 1. The molecule has 0 aromatic rings. The number of rotatable bonds is 2. The van der Waals surface area contributed by atoms with Crippen molar-refractivity contribution in [2.45, 2.75) is 79.8 Å². The zero-order valence-corrected chi connectivity index (χ0v) is 19.4. The highest BCUT2D eigenvalue weighted by Gasteiger charge is 2.37. The second-order valence-corrected chi connectivity index (χ2v) is 9.44. The van der Waals surface area contributed by atoms with Crippen molar-refractivity contribution in [3.05, 3.63) is 47.9 Å². The van der Waals surface area contributed by atoms with Gasteiger partial charge in [-0.3, -0.25) is 4.79 Å². The lowest BCUT2D eigenvalue weighted by Crippen LogP contribution is -2.59. The van der Waals surface area contributed by atoms with Crippen LogP contribution >= 0.6 is 0 Å². The van der Waals surface area contributed by atoms with Crippen LogP contribution in [-0.4, -0.2) is 46.0 Å². The topological polar surface area (TPSA) is 43.8 Å². The van der Waals surface area contributed by atoms with Crippen molar-refractivity contribution in [1.29, 1.82) is 0 Å². The Morgan fingerprint density at radius 2 is 1.76 bits per heavy atom. The number of piperazine rings is 1. The van der Waals surface area contributed by atoms with Gasteiger partial charge in [-0.15, -0.1) is 0 Å². The maximum Gasteiger partial charge on any atom is 0.253 e. The van der Waals surface area contributed by atoms with Gasteiger partial charge in [0.05, 0.1) is 0 Å². The van der Waals surface area contributed by atoms with Crippen LogP contribution in [-0.2, 0) is 4.79 Å². The van der Waals surface area contributed by atoms with Crippen molar-refractivity contribution in [2.75, 3.05) is 13.1 Å². The number of allylic oxidation sites excluding steroid dienone is 5. The van der Waals surface area contributed by atoms with Crippen molar-refractivity contribution in [2.24, 2.45) is 10.8 Å². The fourth-order valence-corrected chi connectivity index (χ4v) is 4.14. The smallest absolute Gasteiger partial charge is 0.253 e. The standard InChI is InChI=1S/C23H34N2O2.C2H6/c1-6-18-14-24-16-20(26)8-7-19(24)15-25(18)21(27)17-9-10-22(2,3)11-12-23(4,5)13-17;1-2/h9-13,16,18-19,26H,6-8,14-15H2,1-5H3;1-2H3/b10-9-,12-11-,17-13+;. The third-order valence-electron chi connectivity index (χ3n) is 5.93. The summed E-state index contributed by atoms with van der Waals surface area (Å²) in [6.07, 6.45) is 15.1. The first kappa shape index (κ1) is 23.3. The van der Waals surface area contributed by atoms with Gasteiger partial charge in [0.15, 0.2) is 0 Å². The molecule has 1 N–H and O–H groups in total. The van der Waals surface area contributed by atoms with Crippen LogP contribution in [0, 0.1) is 10.8 Å². The Morgan fingerprint density at radius 1 is 1.10 bits per heavy atom. The van der Waals surface area contributed by atoms with Gasteiger partial charge in [-0.25, -0.2) is 0 Å². The molecule has 0 radical (unpaired) electrons. The zero-order chi connectivity index (χ0) is 21.8. The third kappa shape index (κ3) is 5.77. The minimum atomic E-state index is -0.157. The fraction of sp³-hybridized carbons (Fsp3) is 0.640. The molecular formula is C25H40N2O2. The quantitative estimate of drug-likeness (QED) is 0.613. The number of carbonyl (C=O) groups is 1. The van der Waals surface area contributed by atoms with E-state index in [2.05, 4.69) is 68.7 Å². The first-order valence-electron chi connectivity index (χ1n) is 11.2. The molecule has 3 rings (SSSR count). The summed E-state index contributed by atoms with van der Waals surface area (Å²) in [5.41, 5.74) is 0.570. The predicted octanol–water partition coefficient (Wildman–Crippen LogP) is 5.60. The average Bonchev–Trinajstić information content (AvgIpc) is 2.69. The number of fused-ring (bicyclic) bond motifs is 1. The van der Waals surface area contributed by atoms with Crippen LogP contribution in [0.25, 0.3) is 0 Å². The molecule has 1 fully saturated rings. The molecule has 0 spiro atoms. The molecule has 4 nitrogen and oxygen atoms in total. The Balaban J connectivity index is 0.00000145. The maximum atomic E-state index is 13.5. The summed E-state index contributed by atoms with van der Waals surface area (Å²) >= 11 is 0. The fourth-order valence-electron chi connectivity index (χ4n) is 4.14. The lowest BCUT2D eigenvalue weighted by molar-refractivity contribution is -0.133. The molecule has 1 saturated heterocycles. The Labute approximate surface area is 177 Å². The van der Waals surface area contributed by atoms with Crippen molar-refractivity contribution < 1.29 is 9.90 Å². The molecule has 29 heavy (non-hydrogen) atoms. The van der Waals surface area contributed by atoms with Crippen molar-refractivity contribution in [1.82, 2.24) is 9.80 Å². The normalized spacial score (nSPS) is 31.6. The van der Waals surface area contributed by atoms with E-state index < -0.39 is 0 Å². The molecule has 2 atom stereocenters. The van der Waals surface area contributed by atoms with Crippen LogP contribution in [0.2, 0.25) is 0 Å². The van der Waals surface area contributed by atoms with Crippen molar-refractivity contribution >= 4 is 5.91 Å². The number of carbonyl (C=O) groups excluding carboxylic acids is 1. The number of hydrogen-bond donors (Lipinski definition) is 1. The van der Waals surface area contributed by atoms with Gasteiger partial charge < -0.3 is 14.9 Å². The van der Waals surface area contributed by atoms with Gasteiger partial charge in [-0.1, -0.05) is 78.8 Å². The molecule has 2 unspecified atom stereocenters. The molecule has 2 heterocycles. The minimum Gasteiger partial charge on any atom is -0.511 e. The van der Waals surface area contributed by atoms with Crippen LogP contribution in [0.5, 0.6) is 0 Å². The lowest BCUT2D eigenvalue weighted by Gasteiger charge is -2.47. The molecule has 162 valence electrons. The van der Waals surface area contributed by atoms with Gasteiger partial charge >= 0.3 is 0 Å². The first-order valence-corrected chi connectivity index (χ1v) is 11.2. The van der Waals surface area contributed by atoms with E-state index in [1.807, 2.05) is 26.1 Å². The molecule has 1 amide bonds. The largest absolute Gasteiger partial charge is 0.511 e. The summed E-state index contributed by atoms with van der Waals surface area (Å²) in [6, 6.07) is 0.470. The van der Waals surface area contributed by atoms with E-state index in [1.54, 1.807) is 0 Å². The number of hydrogen-bond acceptors (Lipinski definition) is 3. The second-order valence-electron chi connectivity index (χ2n) is 9.44. The van der Waals surface area contributed by atoms with E-state index in [-0.39, 0.29) is 22.8 Å². The Hall–Kier alpha value is -1.97. The zero-order valence-electron chi connectivity index (χ0n) is 19.4. The van der Waals surface area contributed by atoms with Crippen molar-refractivity contribution in [3.8, 4) is 0 Å². The van der Waals surface area contributed by atoms with E-state index in [0.29, 0.717) is 18.2 Å². The molecule has 0 bridgehead atoms. The Bertz CT molecular complexity index is 712. The van der Waals surface area contributed by atoms with Gasteiger partial charge in [-0.2, -0.15) is 0 Å². The molecular weight excluding hydrogens is 360 g/mol. The summed E-state index contributed by atoms with van der Waals surface area (Å²) in [5.74, 6) is 0.595. The van der Waals surface area contributed by atoms with Crippen LogP contribution in [0.15, 0.2) is 47.9 Å². The molecule has 1 aliphatic carbocycles. The highest BCUT2D eigenvalue weighted by molar-refractivity contribution is 5.96. The first-order chi connectivity index (χ1) is 13.6. The molecule has 0 aromatic heterocycles. The van der Waals surface area contributed by atoms with Gasteiger partial charge in [0.2, 0.25) is 0 Å². The molecule has 0 aromatic carbocycles. The van der Waals surface area contributed by atoms with E-state index in [4.69, 9.17) is 0 Å². The monoisotopic (exact) mass is 400 g/mol. The molecule has 4 heteroatoms. The molecule has 2 aliphatic heterocycles. The van der Waals surface area contributed by atoms with E-state index in [9.17, 15) is 9.90 Å². The minimum absolute atomic E-state index is 0.0639. The number of aliphatic hydroxyl groups is 1. The van der Waals surface area contributed by atoms with Gasteiger partial charge in [0.1, 0.15) is 5.76 Å². The average molecular weight is 401 g/mol. The Morgan fingerprint density at radius 3 is 2.41 bits per heavy atom. The highest BCUT2D eigenvalue weighted by Crippen LogP contribution is 2.32. The van der Waals surface area contributed by atoms with Crippen LogP contribution in [0.3, 0.4) is 0 Å². The van der Waals surface area contributed by atoms with E-state index in [1.165, 1.54) is 0 Å². The SMILES string of the molecule is CC.CCC1CN2C=C(O)CCC2CN1C(=O)C1=C/C(C)(C)/C=C\C(C)(C)/C=C\1. The summed E-state index contributed by atoms with van der Waals surface area (Å²) in [4.78, 5) is 17.8. The summed E-state index contributed by atoms with van der Waals surface area (Å²) in [5, 5.41) is 9.86. The maximum absolute atomic E-state index is 13.5. The predicted molar refractivity (Wildman–Crippen MR) is 122 cm³/mol.